The van der Waals surface area contributed by atoms with E-state index in [1.807, 2.05) is 18.2 Å². The first-order valence-corrected chi connectivity index (χ1v) is 9.02. The van der Waals surface area contributed by atoms with Gasteiger partial charge in [0.15, 0.2) is 23.9 Å². The molecule has 0 bridgehead atoms. The van der Waals surface area contributed by atoms with Crippen LogP contribution in [0, 0.1) is 0 Å². The van der Waals surface area contributed by atoms with E-state index >= 15 is 0 Å². The van der Waals surface area contributed by atoms with E-state index < -0.39 is 5.97 Å². The second kappa shape index (κ2) is 9.03. The molecule has 0 aliphatic carbocycles. The van der Waals surface area contributed by atoms with Crippen molar-refractivity contribution in [3.8, 4) is 11.5 Å². The van der Waals surface area contributed by atoms with Crippen molar-refractivity contribution in [1.29, 1.82) is 0 Å². The van der Waals surface area contributed by atoms with Crippen LogP contribution in [0.3, 0.4) is 0 Å². The molecule has 3 rings (SSSR count). The molecular weight excluding hydrogens is 344 g/mol. The average Bonchev–Trinajstić information content (AvgIpc) is 3.17. The van der Waals surface area contributed by atoms with Gasteiger partial charge < -0.3 is 14.2 Å². The zero-order chi connectivity index (χ0) is 19.1. The van der Waals surface area contributed by atoms with Gasteiger partial charge in [0, 0.05) is 11.6 Å². The highest BCUT2D eigenvalue weighted by molar-refractivity contribution is 5.98. The van der Waals surface area contributed by atoms with Crippen molar-refractivity contribution < 1.29 is 23.8 Å². The fourth-order valence-electron chi connectivity index (χ4n) is 2.69. The van der Waals surface area contributed by atoms with E-state index in [1.54, 1.807) is 30.3 Å². The summed E-state index contributed by atoms with van der Waals surface area (Å²) in [5, 5.41) is 0. The Morgan fingerprint density at radius 2 is 1.85 bits per heavy atom. The van der Waals surface area contributed by atoms with Crippen LogP contribution >= 0.6 is 0 Å². The van der Waals surface area contributed by atoms with Crippen LogP contribution in [0.25, 0.3) is 6.08 Å². The molecule has 0 unspecified atom stereocenters. The average molecular weight is 366 g/mol. The Bertz CT molecular complexity index is 836. The number of aryl methyl sites for hydroxylation is 1. The number of rotatable bonds is 8. The quantitative estimate of drug-likeness (QED) is 0.398. The van der Waals surface area contributed by atoms with E-state index in [4.69, 9.17) is 14.2 Å². The molecular formula is C22H22O5. The number of hydrogen-bond acceptors (Lipinski definition) is 5. The second-order valence-corrected chi connectivity index (χ2v) is 6.28. The van der Waals surface area contributed by atoms with Gasteiger partial charge in [-0.2, -0.15) is 0 Å². The maximum absolute atomic E-state index is 12.1. The minimum absolute atomic E-state index is 0.201. The summed E-state index contributed by atoms with van der Waals surface area (Å²) in [6.45, 7) is 2.07. The van der Waals surface area contributed by atoms with Crippen molar-refractivity contribution >= 4 is 17.8 Å². The van der Waals surface area contributed by atoms with Crippen molar-refractivity contribution in [1.82, 2.24) is 0 Å². The Balaban J connectivity index is 1.49. The van der Waals surface area contributed by atoms with E-state index in [2.05, 4.69) is 6.92 Å². The highest BCUT2D eigenvalue weighted by Crippen LogP contribution is 2.32. The zero-order valence-electron chi connectivity index (χ0n) is 15.3. The smallest absolute Gasteiger partial charge is 0.331 e. The van der Waals surface area contributed by atoms with Crippen LogP contribution in [0.15, 0.2) is 48.5 Å². The summed E-state index contributed by atoms with van der Waals surface area (Å²) in [7, 11) is 0. The summed E-state index contributed by atoms with van der Waals surface area (Å²) in [6, 6.07) is 12.8. The van der Waals surface area contributed by atoms with Crippen LogP contribution in [-0.2, 0) is 16.0 Å². The minimum Gasteiger partial charge on any atom is -0.454 e. The van der Waals surface area contributed by atoms with Crippen molar-refractivity contribution in [2.75, 3.05) is 13.4 Å². The largest absolute Gasteiger partial charge is 0.454 e. The summed E-state index contributed by atoms with van der Waals surface area (Å²) in [6.07, 6.45) is 6.16. The van der Waals surface area contributed by atoms with E-state index in [1.165, 1.54) is 11.6 Å². The van der Waals surface area contributed by atoms with Gasteiger partial charge >= 0.3 is 5.97 Å². The molecule has 0 saturated heterocycles. The topological polar surface area (TPSA) is 61.8 Å². The molecule has 0 radical (unpaired) electrons. The number of carbonyl (C=O) groups excluding carboxylic acids is 2. The summed E-state index contributed by atoms with van der Waals surface area (Å²) in [5.41, 5.74) is 2.53. The van der Waals surface area contributed by atoms with E-state index in [9.17, 15) is 9.59 Å². The molecule has 2 aromatic carbocycles. The number of hydrogen-bond donors (Lipinski definition) is 0. The van der Waals surface area contributed by atoms with Gasteiger partial charge in [-0.3, -0.25) is 4.79 Å². The number of ketones is 1. The second-order valence-electron chi connectivity index (χ2n) is 6.28. The lowest BCUT2D eigenvalue weighted by Crippen LogP contribution is -2.12. The maximum Gasteiger partial charge on any atom is 0.331 e. The number of Topliss-reactive ketones (excluding diaryl/α,β-unsaturated/α-hetero) is 1. The molecule has 0 aromatic heterocycles. The van der Waals surface area contributed by atoms with E-state index in [-0.39, 0.29) is 19.2 Å². The lowest BCUT2D eigenvalue weighted by molar-refractivity contribution is -0.136. The first kappa shape index (κ1) is 18.7. The summed E-state index contributed by atoms with van der Waals surface area (Å²) >= 11 is 0. The number of esters is 1. The summed E-state index contributed by atoms with van der Waals surface area (Å²) in [5.74, 6) is 0.534. The zero-order valence-corrected chi connectivity index (χ0v) is 15.3. The first-order chi connectivity index (χ1) is 13.2. The molecule has 140 valence electrons. The standard InChI is InChI=1S/C22H22O5/c1-2-3-4-16-5-9-18(10-6-16)19(23)14-25-22(24)12-8-17-7-11-20-21(13-17)27-15-26-20/h5-13H,2-4,14-15H2,1H3/b12-8+. The fourth-order valence-corrected chi connectivity index (χ4v) is 2.69. The normalized spacial score (nSPS) is 12.3. The van der Waals surface area contributed by atoms with Crippen LogP contribution in [0.2, 0.25) is 0 Å². The molecule has 0 amide bonds. The molecule has 0 atom stereocenters. The Hall–Kier alpha value is -3.08. The molecule has 27 heavy (non-hydrogen) atoms. The van der Waals surface area contributed by atoms with Gasteiger partial charge in [-0.15, -0.1) is 0 Å². The Kier molecular flexibility index (Phi) is 6.26. The molecule has 1 aliphatic heterocycles. The number of benzene rings is 2. The maximum atomic E-state index is 12.1. The Labute approximate surface area is 158 Å². The van der Waals surface area contributed by atoms with Crippen molar-refractivity contribution in [2.45, 2.75) is 26.2 Å². The SMILES string of the molecule is CCCCc1ccc(C(=O)COC(=O)/C=C/c2ccc3c(c2)OCO3)cc1. The fraction of sp³-hybridized carbons (Fsp3) is 0.273. The molecule has 5 nitrogen and oxygen atoms in total. The van der Waals surface area contributed by atoms with Crippen molar-refractivity contribution in [3.63, 3.8) is 0 Å². The lowest BCUT2D eigenvalue weighted by Gasteiger charge is -2.04. The monoisotopic (exact) mass is 366 g/mol. The number of ether oxygens (including phenoxy) is 3. The van der Waals surface area contributed by atoms with Gasteiger partial charge in [0.25, 0.3) is 0 Å². The highest BCUT2D eigenvalue weighted by atomic mass is 16.7. The van der Waals surface area contributed by atoms with Crippen molar-refractivity contribution in [3.05, 3.63) is 65.2 Å². The predicted molar refractivity (Wildman–Crippen MR) is 102 cm³/mol. The van der Waals surface area contributed by atoms with Crippen LogP contribution in [0.1, 0.15) is 41.3 Å². The van der Waals surface area contributed by atoms with Crippen LogP contribution in [0.4, 0.5) is 0 Å². The van der Waals surface area contributed by atoms with Crippen LogP contribution in [-0.4, -0.2) is 25.2 Å². The van der Waals surface area contributed by atoms with Gasteiger partial charge in [-0.25, -0.2) is 4.79 Å². The van der Waals surface area contributed by atoms with Crippen LogP contribution in [0.5, 0.6) is 11.5 Å². The van der Waals surface area contributed by atoms with Gasteiger partial charge in [-0.05, 0) is 42.2 Å². The number of carbonyl (C=O) groups is 2. The van der Waals surface area contributed by atoms with Crippen molar-refractivity contribution in [2.24, 2.45) is 0 Å². The molecule has 0 spiro atoms. The van der Waals surface area contributed by atoms with Gasteiger partial charge in [0.2, 0.25) is 6.79 Å². The highest BCUT2D eigenvalue weighted by Gasteiger charge is 2.12. The molecule has 0 fully saturated rings. The third kappa shape index (κ3) is 5.20. The van der Waals surface area contributed by atoms with Crippen LogP contribution < -0.4 is 9.47 Å². The molecule has 2 aromatic rings. The Morgan fingerprint density at radius 1 is 1.07 bits per heavy atom. The number of unbranched alkanes of at least 4 members (excludes halogenated alkanes) is 1. The van der Waals surface area contributed by atoms with Gasteiger partial charge in [0.1, 0.15) is 0 Å². The lowest BCUT2D eigenvalue weighted by atomic mass is 10.0. The van der Waals surface area contributed by atoms with Gasteiger partial charge in [-0.1, -0.05) is 43.7 Å². The minimum atomic E-state index is -0.569. The van der Waals surface area contributed by atoms with Gasteiger partial charge in [0.05, 0.1) is 0 Å². The predicted octanol–water partition coefficient (Wildman–Crippen LogP) is 4.20. The number of fused-ring (bicyclic) bond motifs is 1. The molecule has 1 heterocycles. The molecule has 0 N–H and O–H groups in total. The van der Waals surface area contributed by atoms with E-state index in [0.717, 1.165) is 24.8 Å². The first-order valence-electron chi connectivity index (χ1n) is 9.02. The third-order valence-corrected chi connectivity index (χ3v) is 4.25. The molecule has 5 heteroatoms. The summed E-state index contributed by atoms with van der Waals surface area (Å²) in [4.78, 5) is 24.0. The summed E-state index contributed by atoms with van der Waals surface area (Å²) < 4.78 is 15.6. The van der Waals surface area contributed by atoms with E-state index in [0.29, 0.717) is 17.1 Å². The third-order valence-electron chi connectivity index (χ3n) is 4.25. The Morgan fingerprint density at radius 3 is 2.63 bits per heavy atom. The molecule has 1 aliphatic rings. The molecule has 0 saturated carbocycles.